The van der Waals surface area contributed by atoms with Gasteiger partial charge in [0.15, 0.2) is 0 Å². The minimum atomic E-state index is -0.781. The maximum atomic E-state index is 10.8. The highest BCUT2D eigenvalue weighted by molar-refractivity contribution is 5.86. The van der Waals surface area contributed by atoms with E-state index in [1.54, 1.807) is 0 Å². The van der Waals surface area contributed by atoms with Crippen molar-refractivity contribution in [2.75, 3.05) is 7.05 Å². The molecule has 2 rings (SSSR count). The van der Waals surface area contributed by atoms with Crippen LogP contribution in [0.25, 0.3) is 0 Å². The predicted octanol–water partition coefficient (Wildman–Crippen LogP) is 1.46. The Labute approximate surface area is 78.0 Å². The van der Waals surface area contributed by atoms with Crippen molar-refractivity contribution < 1.29 is 9.90 Å². The molecule has 0 aromatic rings. The van der Waals surface area contributed by atoms with Gasteiger partial charge in [-0.1, -0.05) is 12.8 Å². The van der Waals surface area contributed by atoms with E-state index in [1.165, 1.54) is 12.8 Å². The molecule has 1 aliphatic carbocycles. The van der Waals surface area contributed by atoms with Gasteiger partial charge in [-0.3, -0.25) is 0 Å². The van der Waals surface area contributed by atoms with Gasteiger partial charge in [0.25, 0.3) is 0 Å². The van der Waals surface area contributed by atoms with Gasteiger partial charge in [-0.15, -0.1) is 0 Å². The highest BCUT2D eigenvalue weighted by Gasteiger charge is 2.35. The van der Waals surface area contributed by atoms with Crippen molar-refractivity contribution in [1.82, 2.24) is 4.90 Å². The number of hydrogen-bond donors (Lipinski definition) is 1. The monoisotopic (exact) mass is 181 g/mol. The van der Waals surface area contributed by atoms with Crippen LogP contribution in [-0.4, -0.2) is 29.1 Å². The Kier molecular flexibility index (Phi) is 2.02. The lowest BCUT2D eigenvalue weighted by molar-refractivity contribution is -0.134. The number of fused-ring (bicyclic) bond motifs is 1. The van der Waals surface area contributed by atoms with Crippen LogP contribution in [0.15, 0.2) is 11.8 Å². The van der Waals surface area contributed by atoms with Crippen LogP contribution < -0.4 is 0 Å². The SMILES string of the molecule is CN1C(C(=O)O)=CC2CCCCC21. The highest BCUT2D eigenvalue weighted by atomic mass is 16.4. The molecule has 0 aromatic carbocycles. The van der Waals surface area contributed by atoms with E-state index in [1.807, 2.05) is 18.0 Å². The second kappa shape index (κ2) is 3.05. The molecule has 1 saturated carbocycles. The van der Waals surface area contributed by atoms with E-state index < -0.39 is 5.97 Å². The van der Waals surface area contributed by atoms with Gasteiger partial charge in [0, 0.05) is 13.1 Å². The van der Waals surface area contributed by atoms with E-state index >= 15 is 0 Å². The van der Waals surface area contributed by atoms with Crippen LogP contribution >= 0.6 is 0 Å². The topological polar surface area (TPSA) is 40.5 Å². The summed E-state index contributed by atoms with van der Waals surface area (Å²) in [6.07, 6.45) is 6.73. The van der Waals surface area contributed by atoms with Gasteiger partial charge < -0.3 is 10.0 Å². The van der Waals surface area contributed by atoms with Crippen molar-refractivity contribution in [3.63, 3.8) is 0 Å². The minimum Gasteiger partial charge on any atom is -0.477 e. The van der Waals surface area contributed by atoms with Crippen LogP contribution in [0.3, 0.4) is 0 Å². The quantitative estimate of drug-likeness (QED) is 0.665. The van der Waals surface area contributed by atoms with Gasteiger partial charge in [-0.2, -0.15) is 0 Å². The van der Waals surface area contributed by atoms with Crippen molar-refractivity contribution in [3.05, 3.63) is 11.8 Å². The average molecular weight is 181 g/mol. The van der Waals surface area contributed by atoms with Crippen LogP contribution in [-0.2, 0) is 4.79 Å². The van der Waals surface area contributed by atoms with E-state index in [9.17, 15) is 4.79 Å². The summed E-state index contributed by atoms with van der Waals surface area (Å²) in [7, 11) is 1.90. The normalized spacial score (nSPS) is 32.7. The first-order valence-corrected chi connectivity index (χ1v) is 4.88. The predicted molar refractivity (Wildman–Crippen MR) is 49.2 cm³/mol. The maximum absolute atomic E-state index is 10.8. The fraction of sp³-hybridized carbons (Fsp3) is 0.700. The molecule has 3 nitrogen and oxygen atoms in total. The molecule has 1 heterocycles. The van der Waals surface area contributed by atoms with E-state index in [-0.39, 0.29) is 0 Å². The Balaban J connectivity index is 2.19. The average Bonchev–Trinajstić information content (AvgIpc) is 2.45. The summed E-state index contributed by atoms with van der Waals surface area (Å²) in [5, 5.41) is 8.92. The fourth-order valence-corrected chi connectivity index (χ4v) is 2.54. The molecule has 0 amide bonds. The van der Waals surface area contributed by atoms with Gasteiger partial charge in [-0.25, -0.2) is 4.79 Å². The van der Waals surface area contributed by atoms with Crippen molar-refractivity contribution in [2.45, 2.75) is 31.7 Å². The third-order valence-electron chi connectivity index (χ3n) is 3.25. The van der Waals surface area contributed by atoms with Crippen LogP contribution in [0.2, 0.25) is 0 Å². The first-order valence-electron chi connectivity index (χ1n) is 4.88. The number of rotatable bonds is 1. The van der Waals surface area contributed by atoms with Crippen LogP contribution in [0.1, 0.15) is 25.7 Å². The van der Waals surface area contributed by atoms with Crippen molar-refractivity contribution >= 4 is 5.97 Å². The van der Waals surface area contributed by atoms with Gasteiger partial charge in [-0.05, 0) is 24.8 Å². The largest absolute Gasteiger partial charge is 0.477 e. The maximum Gasteiger partial charge on any atom is 0.351 e. The summed E-state index contributed by atoms with van der Waals surface area (Å²) in [6.45, 7) is 0. The lowest BCUT2D eigenvalue weighted by Crippen LogP contribution is -2.34. The molecular formula is C10H15NO2. The number of likely N-dealkylation sites (N-methyl/N-ethyl adjacent to an activating group) is 1. The molecule has 1 fully saturated rings. The molecule has 2 atom stereocenters. The van der Waals surface area contributed by atoms with Crippen LogP contribution in [0.4, 0.5) is 0 Å². The van der Waals surface area contributed by atoms with E-state index in [0.29, 0.717) is 17.7 Å². The molecule has 0 bridgehead atoms. The summed E-state index contributed by atoms with van der Waals surface area (Å²) < 4.78 is 0. The first-order chi connectivity index (χ1) is 6.20. The van der Waals surface area contributed by atoms with Gasteiger partial charge >= 0.3 is 5.97 Å². The van der Waals surface area contributed by atoms with E-state index in [4.69, 9.17) is 5.11 Å². The molecule has 2 aliphatic rings. The van der Waals surface area contributed by atoms with E-state index in [0.717, 1.165) is 12.8 Å². The van der Waals surface area contributed by atoms with Crippen molar-refractivity contribution in [3.8, 4) is 0 Å². The lowest BCUT2D eigenvalue weighted by Gasteiger charge is -2.31. The second-order valence-electron chi connectivity index (χ2n) is 3.98. The number of hydrogen-bond acceptors (Lipinski definition) is 2. The number of aliphatic carboxylic acids is 1. The Hall–Kier alpha value is -0.990. The Morgan fingerprint density at radius 1 is 1.54 bits per heavy atom. The smallest absolute Gasteiger partial charge is 0.351 e. The molecule has 0 radical (unpaired) electrons. The Bertz CT molecular complexity index is 260. The van der Waals surface area contributed by atoms with Gasteiger partial charge in [0.05, 0.1) is 0 Å². The summed E-state index contributed by atoms with van der Waals surface area (Å²) in [5.74, 6) is -0.290. The molecule has 1 aliphatic heterocycles. The van der Waals surface area contributed by atoms with Crippen molar-refractivity contribution in [1.29, 1.82) is 0 Å². The van der Waals surface area contributed by atoms with E-state index in [2.05, 4.69) is 0 Å². The summed E-state index contributed by atoms with van der Waals surface area (Å²) in [4.78, 5) is 12.8. The molecule has 0 aromatic heterocycles. The highest BCUT2D eigenvalue weighted by Crippen LogP contribution is 2.36. The number of carboxylic acid groups (broad SMARTS) is 1. The number of carbonyl (C=O) groups is 1. The molecule has 72 valence electrons. The molecule has 1 N–H and O–H groups in total. The molecule has 13 heavy (non-hydrogen) atoms. The molecule has 0 spiro atoms. The first kappa shape index (κ1) is 8.60. The zero-order valence-corrected chi connectivity index (χ0v) is 7.86. The molecule has 3 heteroatoms. The zero-order chi connectivity index (χ0) is 9.42. The number of carboxylic acids is 1. The summed E-state index contributed by atoms with van der Waals surface area (Å²) in [6, 6.07) is 0.458. The van der Waals surface area contributed by atoms with Crippen LogP contribution in [0.5, 0.6) is 0 Å². The second-order valence-corrected chi connectivity index (χ2v) is 3.98. The van der Waals surface area contributed by atoms with Crippen LogP contribution in [0, 0.1) is 5.92 Å². The summed E-state index contributed by atoms with van der Waals surface area (Å²) >= 11 is 0. The zero-order valence-electron chi connectivity index (χ0n) is 7.86. The third kappa shape index (κ3) is 1.32. The van der Waals surface area contributed by atoms with Gasteiger partial charge in [0.1, 0.15) is 5.70 Å². The standard InChI is InChI=1S/C10H15NO2/c1-11-8-5-3-2-4-7(8)6-9(11)10(12)13/h6-8H,2-5H2,1H3,(H,12,13). The number of nitrogens with zero attached hydrogens (tertiary/aromatic N) is 1. The van der Waals surface area contributed by atoms with Crippen molar-refractivity contribution in [2.24, 2.45) is 5.92 Å². The lowest BCUT2D eigenvalue weighted by atomic mass is 9.86. The third-order valence-corrected chi connectivity index (χ3v) is 3.25. The minimum absolute atomic E-state index is 0.458. The Morgan fingerprint density at radius 2 is 2.23 bits per heavy atom. The summed E-state index contributed by atoms with van der Waals surface area (Å²) in [5.41, 5.74) is 0.497. The molecule has 0 saturated heterocycles. The fourth-order valence-electron chi connectivity index (χ4n) is 2.54. The molecular weight excluding hydrogens is 166 g/mol. The molecule has 2 unspecified atom stereocenters. The Morgan fingerprint density at radius 3 is 2.85 bits per heavy atom. The van der Waals surface area contributed by atoms with Gasteiger partial charge in [0.2, 0.25) is 0 Å².